The number of aromatic nitrogens is 2. The van der Waals surface area contributed by atoms with E-state index in [1.54, 1.807) is 25.1 Å². The van der Waals surface area contributed by atoms with E-state index in [-0.39, 0.29) is 23.7 Å². The van der Waals surface area contributed by atoms with Crippen LogP contribution in [0.1, 0.15) is 43.7 Å². The van der Waals surface area contributed by atoms with Crippen LogP contribution in [-0.2, 0) is 10.2 Å². The minimum absolute atomic E-state index is 0.188. The maximum absolute atomic E-state index is 13.4. The topological polar surface area (TPSA) is 67.2 Å². The SMILES string of the molecule is CCN(CC(=O)Nc1cc(C(C)(C)C)nn1-c1ccc(F)cc1)C(=O)c1ccc(F)cc1. The summed E-state index contributed by atoms with van der Waals surface area (Å²) in [5.41, 5.74) is 1.35. The summed E-state index contributed by atoms with van der Waals surface area (Å²) in [6.07, 6.45) is 0. The van der Waals surface area contributed by atoms with Gasteiger partial charge in [-0.1, -0.05) is 20.8 Å². The molecule has 1 aromatic heterocycles. The molecule has 0 aliphatic heterocycles. The lowest BCUT2D eigenvalue weighted by Gasteiger charge is -2.20. The highest BCUT2D eigenvalue weighted by molar-refractivity contribution is 5.99. The Balaban J connectivity index is 1.82. The normalized spacial score (nSPS) is 11.3. The zero-order valence-corrected chi connectivity index (χ0v) is 18.5. The predicted molar refractivity (Wildman–Crippen MR) is 119 cm³/mol. The molecular formula is C24H26F2N4O2. The fraction of sp³-hybridized carbons (Fsp3) is 0.292. The van der Waals surface area contributed by atoms with E-state index in [1.807, 2.05) is 20.8 Å². The molecule has 3 aromatic rings. The molecule has 0 saturated heterocycles. The van der Waals surface area contributed by atoms with Crippen LogP contribution in [0.5, 0.6) is 0 Å². The Labute approximate surface area is 185 Å². The van der Waals surface area contributed by atoms with Crippen molar-refractivity contribution in [2.24, 2.45) is 0 Å². The van der Waals surface area contributed by atoms with Gasteiger partial charge in [0.15, 0.2) is 0 Å². The van der Waals surface area contributed by atoms with Crippen molar-refractivity contribution in [1.29, 1.82) is 0 Å². The summed E-state index contributed by atoms with van der Waals surface area (Å²) in [5, 5.41) is 7.40. The van der Waals surface area contributed by atoms with Gasteiger partial charge in [0, 0.05) is 23.6 Å². The molecule has 8 heteroatoms. The monoisotopic (exact) mass is 440 g/mol. The summed E-state index contributed by atoms with van der Waals surface area (Å²) in [7, 11) is 0. The van der Waals surface area contributed by atoms with Crippen molar-refractivity contribution in [2.45, 2.75) is 33.1 Å². The largest absolute Gasteiger partial charge is 0.330 e. The van der Waals surface area contributed by atoms with Crippen molar-refractivity contribution in [1.82, 2.24) is 14.7 Å². The summed E-state index contributed by atoms with van der Waals surface area (Å²) in [5.74, 6) is -1.18. The number of nitrogens with one attached hydrogen (secondary N) is 1. The van der Waals surface area contributed by atoms with Crippen LogP contribution in [0.3, 0.4) is 0 Å². The van der Waals surface area contributed by atoms with Crippen molar-refractivity contribution in [2.75, 3.05) is 18.4 Å². The van der Waals surface area contributed by atoms with Crippen molar-refractivity contribution < 1.29 is 18.4 Å². The molecule has 0 spiro atoms. The fourth-order valence-electron chi connectivity index (χ4n) is 3.07. The van der Waals surface area contributed by atoms with Crippen LogP contribution in [0.15, 0.2) is 54.6 Å². The van der Waals surface area contributed by atoms with Crippen LogP contribution in [-0.4, -0.2) is 39.6 Å². The lowest BCUT2D eigenvalue weighted by Crippen LogP contribution is -2.38. The van der Waals surface area contributed by atoms with E-state index < -0.39 is 11.7 Å². The molecule has 0 saturated carbocycles. The second-order valence-electron chi connectivity index (χ2n) is 8.43. The van der Waals surface area contributed by atoms with Gasteiger partial charge in [-0.2, -0.15) is 5.10 Å². The quantitative estimate of drug-likeness (QED) is 0.612. The fourth-order valence-corrected chi connectivity index (χ4v) is 3.07. The molecule has 32 heavy (non-hydrogen) atoms. The first-order valence-electron chi connectivity index (χ1n) is 10.3. The van der Waals surface area contributed by atoms with E-state index in [2.05, 4.69) is 10.4 Å². The highest BCUT2D eigenvalue weighted by Crippen LogP contribution is 2.26. The molecular weight excluding hydrogens is 414 g/mol. The third-order valence-electron chi connectivity index (χ3n) is 4.91. The highest BCUT2D eigenvalue weighted by atomic mass is 19.1. The van der Waals surface area contributed by atoms with Gasteiger partial charge in [0.05, 0.1) is 11.4 Å². The molecule has 3 rings (SSSR count). The third-order valence-corrected chi connectivity index (χ3v) is 4.91. The predicted octanol–water partition coefficient (Wildman–Crippen LogP) is 4.55. The summed E-state index contributed by atoms with van der Waals surface area (Å²) >= 11 is 0. The number of anilines is 1. The Morgan fingerprint density at radius 2 is 1.56 bits per heavy atom. The zero-order valence-electron chi connectivity index (χ0n) is 18.5. The second kappa shape index (κ2) is 9.30. The number of nitrogens with zero attached hydrogens (tertiary/aromatic N) is 3. The van der Waals surface area contributed by atoms with Gasteiger partial charge >= 0.3 is 0 Å². The van der Waals surface area contributed by atoms with Crippen LogP contribution in [0.25, 0.3) is 5.69 Å². The molecule has 0 unspecified atom stereocenters. The summed E-state index contributed by atoms with van der Waals surface area (Å²) < 4.78 is 28.1. The maximum atomic E-state index is 13.4. The number of carbonyl (C=O) groups excluding carboxylic acids is 2. The van der Waals surface area contributed by atoms with Crippen molar-refractivity contribution in [3.8, 4) is 5.69 Å². The molecule has 6 nitrogen and oxygen atoms in total. The van der Waals surface area contributed by atoms with Gasteiger partial charge < -0.3 is 10.2 Å². The minimum atomic E-state index is -0.439. The Hall–Kier alpha value is -3.55. The number of likely N-dealkylation sites (N-methyl/N-ethyl adjacent to an activating group) is 1. The van der Waals surface area contributed by atoms with E-state index in [0.29, 0.717) is 23.6 Å². The summed E-state index contributed by atoms with van der Waals surface area (Å²) in [6.45, 7) is 7.86. The smallest absolute Gasteiger partial charge is 0.254 e. The zero-order chi connectivity index (χ0) is 23.5. The lowest BCUT2D eigenvalue weighted by molar-refractivity contribution is -0.116. The number of benzene rings is 2. The number of halogens is 2. The highest BCUT2D eigenvalue weighted by Gasteiger charge is 2.23. The molecule has 2 amide bonds. The van der Waals surface area contributed by atoms with E-state index >= 15 is 0 Å². The molecule has 0 aliphatic carbocycles. The first-order valence-corrected chi connectivity index (χ1v) is 10.3. The van der Waals surface area contributed by atoms with Gasteiger partial charge in [0.25, 0.3) is 5.91 Å². The molecule has 1 N–H and O–H groups in total. The average Bonchev–Trinajstić information content (AvgIpc) is 3.17. The lowest BCUT2D eigenvalue weighted by atomic mass is 9.92. The van der Waals surface area contributed by atoms with Crippen molar-refractivity contribution >= 4 is 17.6 Å². The molecule has 0 bridgehead atoms. The first-order chi connectivity index (χ1) is 15.1. The Bertz CT molecular complexity index is 1100. The van der Waals surface area contributed by atoms with Gasteiger partial charge in [-0.05, 0) is 55.5 Å². The Kier molecular flexibility index (Phi) is 6.72. The van der Waals surface area contributed by atoms with Crippen molar-refractivity contribution in [3.05, 3.63) is 77.5 Å². The number of carbonyl (C=O) groups is 2. The van der Waals surface area contributed by atoms with E-state index in [1.165, 1.54) is 46.0 Å². The van der Waals surface area contributed by atoms with Gasteiger partial charge in [-0.15, -0.1) is 0 Å². The van der Waals surface area contributed by atoms with Crippen LogP contribution in [0.2, 0.25) is 0 Å². The van der Waals surface area contributed by atoms with Gasteiger partial charge in [0.1, 0.15) is 24.0 Å². The average molecular weight is 440 g/mol. The summed E-state index contributed by atoms with van der Waals surface area (Å²) in [4.78, 5) is 26.9. The minimum Gasteiger partial charge on any atom is -0.330 e. The molecule has 168 valence electrons. The molecule has 0 fully saturated rings. The molecule has 2 aromatic carbocycles. The van der Waals surface area contributed by atoms with Crippen LogP contribution in [0, 0.1) is 11.6 Å². The summed E-state index contributed by atoms with van der Waals surface area (Å²) in [6, 6.07) is 12.7. The van der Waals surface area contributed by atoms with Crippen LogP contribution >= 0.6 is 0 Å². The van der Waals surface area contributed by atoms with E-state index in [4.69, 9.17) is 0 Å². The Morgan fingerprint density at radius 3 is 2.09 bits per heavy atom. The van der Waals surface area contributed by atoms with Gasteiger partial charge in [0.2, 0.25) is 5.91 Å². The molecule has 1 heterocycles. The maximum Gasteiger partial charge on any atom is 0.254 e. The van der Waals surface area contributed by atoms with E-state index in [0.717, 1.165) is 5.69 Å². The standard InChI is InChI=1S/C24H26F2N4O2/c1-5-29(23(32)16-6-8-17(25)9-7-16)15-22(31)27-21-14-20(24(2,3)4)28-30(21)19-12-10-18(26)11-13-19/h6-14H,5,15H2,1-4H3,(H,27,31). The van der Waals surface area contributed by atoms with Crippen LogP contribution < -0.4 is 5.32 Å². The molecule has 0 atom stereocenters. The number of hydrogen-bond acceptors (Lipinski definition) is 3. The number of rotatable bonds is 6. The van der Waals surface area contributed by atoms with Gasteiger partial charge in [-0.3, -0.25) is 9.59 Å². The first kappa shape index (κ1) is 23.1. The van der Waals surface area contributed by atoms with Crippen LogP contribution in [0.4, 0.5) is 14.6 Å². The molecule has 0 radical (unpaired) electrons. The number of amides is 2. The van der Waals surface area contributed by atoms with E-state index in [9.17, 15) is 18.4 Å². The number of hydrogen-bond donors (Lipinski definition) is 1. The Morgan fingerprint density at radius 1 is 1.00 bits per heavy atom. The second-order valence-corrected chi connectivity index (χ2v) is 8.43. The molecule has 0 aliphatic rings. The third kappa shape index (κ3) is 5.38. The van der Waals surface area contributed by atoms with Crippen molar-refractivity contribution in [3.63, 3.8) is 0 Å². The van der Waals surface area contributed by atoms with Gasteiger partial charge in [-0.25, -0.2) is 13.5 Å².